The molecule has 1 fully saturated rings. The zero-order chi connectivity index (χ0) is 16.8. The second-order valence-electron chi connectivity index (χ2n) is 6.12. The minimum Gasteiger partial charge on any atom is -0.465 e. The van der Waals surface area contributed by atoms with Crippen LogP contribution in [0.4, 0.5) is 0 Å². The first kappa shape index (κ1) is 17.5. The summed E-state index contributed by atoms with van der Waals surface area (Å²) in [6.07, 6.45) is 6.47. The molecule has 3 heterocycles. The van der Waals surface area contributed by atoms with Gasteiger partial charge in [-0.3, -0.25) is 4.90 Å². The van der Waals surface area contributed by atoms with Crippen molar-refractivity contribution in [2.24, 2.45) is 0 Å². The molecule has 1 aliphatic rings. The molecular formula is C18H25N3O2S. The van der Waals surface area contributed by atoms with E-state index in [0.717, 1.165) is 67.1 Å². The zero-order valence-electron chi connectivity index (χ0n) is 14.4. The molecule has 0 saturated carbocycles. The van der Waals surface area contributed by atoms with Crippen molar-refractivity contribution in [3.8, 4) is 0 Å². The van der Waals surface area contributed by atoms with Crippen molar-refractivity contribution in [1.82, 2.24) is 14.9 Å². The Morgan fingerprint density at radius 1 is 1.25 bits per heavy atom. The highest BCUT2D eigenvalue weighted by molar-refractivity contribution is 7.99. The third-order valence-electron chi connectivity index (χ3n) is 4.02. The molecule has 0 aromatic carbocycles. The van der Waals surface area contributed by atoms with Crippen molar-refractivity contribution >= 4 is 11.8 Å². The summed E-state index contributed by atoms with van der Waals surface area (Å²) in [4.78, 5) is 11.2. The van der Waals surface area contributed by atoms with Gasteiger partial charge in [0.1, 0.15) is 11.5 Å². The van der Waals surface area contributed by atoms with Crippen molar-refractivity contribution in [2.45, 2.75) is 51.0 Å². The molecule has 0 amide bonds. The van der Waals surface area contributed by atoms with Crippen LogP contribution in [0.1, 0.15) is 36.8 Å². The van der Waals surface area contributed by atoms with Gasteiger partial charge in [0.05, 0.1) is 12.6 Å². The van der Waals surface area contributed by atoms with Crippen LogP contribution >= 0.6 is 11.8 Å². The molecule has 1 atom stereocenters. The zero-order valence-corrected chi connectivity index (χ0v) is 15.2. The summed E-state index contributed by atoms with van der Waals surface area (Å²) in [7, 11) is 0. The van der Waals surface area contributed by atoms with Crippen LogP contribution in [0.15, 0.2) is 34.1 Å². The van der Waals surface area contributed by atoms with Crippen LogP contribution in [0, 0.1) is 6.92 Å². The summed E-state index contributed by atoms with van der Waals surface area (Å²) in [6.45, 7) is 7.45. The molecule has 130 valence electrons. The van der Waals surface area contributed by atoms with Gasteiger partial charge < -0.3 is 9.15 Å². The number of thioether (sulfide) groups is 1. The highest BCUT2D eigenvalue weighted by Crippen LogP contribution is 2.18. The molecule has 24 heavy (non-hydrogen) atoms. The maximum Gasteiger partial charge on any atom is 0.187 e. The van der Waals surface area contributed by atoms with Gasteiger partial charge in [-0.25, -0.2) is 9.97 Å². The summed E-state index contributed by atoms with van der Waals surface area (Å²) >= 11 is 1.66. The van der Waals surface area contributed by atoms with Crippen molar-refractivity contribution < 1.29 is 9.15 Å². The second-order valence-corrected chi connectivity index (χ2v) is 7.36. The van der Waals surface area contributed by atoms with Crippen LogP contribution in [-0.4, -0.2) is 39.9 Å². The molecule has 0 radical (unpaired) electrons. The summed E-state index contributed by atoms with van der Waals surface area (Å²) < 4.78 is 11.6. The highest BCUT2D eigenvalue weighted by atomic mass is 32.2. The molecule has 2 aromatic heterocycles. The lowest BCUT2D eigenvalue weighted by molar-refractivity contribution is 0.0653. The Bertz CT molecular complexity index is 623. The van der Waals surface area contributed by atoms with Crippen LogP contribution in [0.3, 0.4) is 0 Å². The third kappa shape index (κ3) is 5.06. The van der Waals surface area contributed by atoms with Gasteiger partial charge in [-0.1, -0.05) is 18.7 Å². The Balaban J connectivity index is 1.65. The van der Waals surface area contributed by atoms with Gasteiger partial charge in [0.25, 0.3) is 0 Å². The van der Waals surface area contributed by atoms with Gasteiger partial charge in [0.15, 0.2) is 5.16 Å². The predicted octanol–water partition coefficient (Wildman–Crippen LogP) is 3.67. The molecule has 1 unspecified atom stereocenters. The Morgan fingerprint density at radius 2 is 2.08 bits per heavy atom. The largest absolute Gasteiger partial charge is 0.465 e. The molecule has 0 spiro atoms. The fraction of sp³-hybridized carbons (Fsp3) is 0.556. The molecule has 1 saturated heterocycles. The van der Waals surface area contributed by atoms with E-state index in [1.165, 1.54) is 0 Å². The van der Waals surface area contributed by atoms with Gasteiger partial charge in [-0.15, -0.1) is 0 Å². The first-order valence-electron chi connectivity index (χ1n) is 8.56. The SMILES string of the molecule is CCSc1ncc(CN(Cc2ccc(C)o2)CC2CCCO2)cn1. The van der Waals surface area contributed by atoms with Crippen molar-refractivity contribution in [3.63, 3.8) is 0 Å². The fourth-order valence-electron chi connectivity index (χ4n) is 2.94. The van der Waals surface area contributed by atoms with Crippen LogP contribution in [0.25, 0.3) is 0 Å². The van der Waals surface area contributed by atoms with Gasteiger partial charge >= 0.3 is 0 Å². The Hall–Kier alpha value is -1.37. The summed E-state index contributed by atoms with van der Waals surface area (Å²) in [6, 6.07) is 4.06. The molecule has 0 bridgehead atoms. The Labute approximate surface area is 147 Å². The monoisotopic (exact) mass is 347 g/mol. The lowest BCUT2D eigenvalue weighted by Crippen LogP contribution is -2.31. The Morgan fingerprint density at radius 3 is 2.71 bits per heavy atom. The van der Waals surface area contributed by atoms with E-state index in [-0.39, 0.29) is 0 Å². The van der Waals surface area contributed by atoms with E-state index in [2.05, 4.69) is 27.9 Å². The first-order valence-corrected chi connectivity index (χ1v) is 9.54. The van der Waals surface area contributed by atoms with Crippen molar-refractivity contribution in [3.05, 3.63) is 41.6 Å². The maximum absolute atomic E-state index is 5.81. The van der Waals surface area contributed by atoms with Gasteiger partial charge in [0, 0.05) is 37.7 Å². The lowest BCUT2D eigenvalue weighted by Gasteiger charge is -2.24. The van der Waals surface area contributed by atoms with Crippen LogP contribution in [-0.2, 0) is 17.8 Å². The third-order valence-corrected chi connectivity index (χ3v) is 4.78. The van der Waals surface area contributed by atoms with E-state index >= 15 is 0 Å². The standard InChI is InChI=1S/C18H25N3O2S/c1-3-24-18-19-9-15(10-20-18)11-21(12-16-5-4-8-22-16)13-17-7-6-14(2)23-17/h6-7,9-10,16H,3-5,8,11-13H2,1-2H3. The first-order chi connectivity index (χ1) is 11.7. The number of aromatic nitrogens is 2. The minimum absolute atomic E-state index is 0.317. The van der Waals surface area contributed by atoms with Gasteiger partial charge in [-0.05, 0) is 37.7 Å². The van der Waals surface area contributed by atoms with Crippen LogP contribution in [0.2, 0.25) is 0 Å². The number of rotatable bonds is 8. The van der Waals surface area contributed by atoms with E-state index in [1.54, 1.807) is 11.8 Å². The molecule has 0 N–H and O–H groups in total. The molecule has 2 aromatic rings. The van der Waals surface area contributed by atoms with E-state index in [4.69, 9.17) is 9.15 Å². The normalized spacial score (nSPS) is 17.7. The average molecular weight is 347 g/mol. The van der Waals surface area contributed by atoms with E-state index < -0.39 is 0 Å². The summed E-state index contributed by atoms with van der Waals surface area (Å²) in [5.41, 5.74) is 1.12. The minimum atomic E-state index is 0.317. The summed E-state index contributed by atoms with van der Waals surface area (Å²) in [5.74, 6) is 2.93. The number of hydrogen-bond donors (Lipinski definition) is 0. The predicted molar refractivity (Wildman–Crippen MR) is 95.0 cm³/mol. The maximum atomic E-state index is 5.81. The Kier molecular flexibility index (Phi) is 6.29. The molecule has 5 nitrogen and oxygen atoms in total. The molecule has 6 heteroatoms. The number of hydrogen-bond acceptors (Lipinski definition) is 6. The number of ether oxygens (including phenoxy) is 1. The summed E-state index contributed by atoms with van der Waals surface area (Å²) in [5, 5.41) is 0.841. The van der Waals surface area contributed by atoms with Crippen LogP contribution in [0.5, 0.6) is 0 Å². The van der Waals surface area contributed by atoms with E-state index in [9.17, 15) is 0 Å². The molecule has 1 aliphatic heterocycles. The topological polar surface area (TPSA) is 51.4 Å². The lowest BCUT2D eigenvalue weighted by atomic mass is 10.2. The van der Waals surface area contributed by atoms with Gasteiger partial charge in [0.2, 0.25) is 0 Å². The van der Waals surface area contributed by atoms with E-state index in [0.29, 0.717) is 6.10 Å². The number of furan rings is 1. The highest BCUT2D eigenvalue weighted by Gasteiger charge is 2.20. The quantitative estimate of drug-likeness (QED) is 0.536. The fourth-order valence-corrected chi connectivity index (χ4v) is 3.45. The smallest absolute Gasteiger partial charge is 0.187 e. The molecule has 3 rings (SSSR count). The molecular weight excluding hydrogens is 322 g/mol. The second kappa shape index (κ2) is 8.65. The van der Waals surface area contributed by atoms with Crippen molar-refractivity contribution in [2.75, 3.05) is 18.9 Å². The average Bonchev–Trinajstić information content (AvgIpc) is 3.21. The van der Waals surface area contributed by atoms with Crippen molar-refractivity contribution in [1.29, 1.82) is 0 Å². The number of aryl methyl sites for hydroxylation is 1. The molecule has 0 aliphatic carbocycles. The number of nitrogens with zero attached hydrogens (tertiary/aromatic N) is 3. The van der Waals surface area contributed by atoms with Gasteiger partial charge in [-0.2, -0.15) is 0 Å². The van der Waals surface area contributed by atoms with Crippen LogP contribution < -0.4 is 0 Å². The van der Waals surface area contributed by atoms with E-state index in [1.807, 2.05) is 25.4 Å².